The van der Waals surface area contributed by atoms with Gasteiger partial charge in [0, 0.05) is 23.3 Å². The predicted molar refractivity (Wildman–Crippen MR) is 135 cm³/mol. The van der Waals surface area contributed by atoms with Crippen LogP contribution in [0.25, 0.3) is 0 Å². The van der Waals surface area contributed by atoms with Crippen LogP contribution in [0.2, 0.25) is 0 Å². The van der Waals surface area contributed by atoms with Crippen LogP contribution >= 0.6 is 0 Å². The van der Waals surface area contributed by atoms with Crippen LogP contribution in [0.3, 0.4) is 0 Å². The number of carbonyl (C=O) groups is 1. The average Bonchev–Trinajstić information content (AvgIpc) is 3.09. The van der Waals surface area contributed by atoms with Crippen LogP contribution in [0, 0.1) is 35.0 Å². The number of ketones is 1. The molecule has 1 aliphatic heterocycles. The third-order valence-corrected chi connectivity index (χ3v) is 9.90. The first-order valence-electron chi connectivity index (χ1n) is 13.4. The number of fused-ring (bicyclic) bond motifs is 5. The highest BCUT2D eigenvalue weighted by molar-refractivity contribution is 5.93. The van der Waals surface area contributed by atoms with Crippen molar-refractivity contribution < 1.29 is 19.4 Å². The summed E-state index contributed by atoms with van der Waals surface area (Å²) in [5.74, 6) is 9.42. The molecule has 2 fully saturated rings. The Morgan fingerprint density at radius 2 is 2.00 bits per heavy atom. The van der Waals surface area contributed by atoms with Gasteiger partial charge in [0.15, 0.2) is 17.3 Å². The van der Waals surface area contributed by atoms with Gasteiger partial charge in [0.25, 0.3) is 0 Å². The molecule has 0 bridgehead atoms. The lowest BCUT2D eigenvalue weighted by Gasteiger charge is -2.54. The van der Waals surface area contributed by atoms with E-state index in [9.17, 15) is 9.90 Å². The van der Waals surface area contributed by atoms with Gasteiger partial charge in [-0.3, -0.25) is 4.79 Å². The second-order valence-corrected chi connectivity index (χ2v) is 11.3. The highest BCUT2D eigenvalue weighted by atomic mass is 16.6. The highest BCUT2D eigenvalue weighted by Gasteiger charge is 2.66. The first kappa shape index (κ1) is 22.9. The van der Waals surface area contributed by atoms with Crippen molar-refractivity contribution in [2.24, 2.45) is 23.2 Å². The van der Waals surface area contributed by atoms with Crippen molar-refractivity contribution in [2.45, 2.75) is 77.2 Å². The van der Waals surface area contributed by atoms with Gasteiger partial charge in [-0.25, -0.2) is 0 Å². The number of allylic oxidation sites excluding steroid dienone is 4. The van der Waals surface area contributed by atoms with Gasteiger partial charge in [0.2, 0.25) is 0 Å². The van der Waals surface area contributed by atoms with E-state index in [1.807, 2.05) is 19.1 Å². The molecule has 0 amide bonds. The smallest absolute Gasteiger partial charge is 0.165 e. The molecule has 0 saturated heterocycles. The minimum atomic E-state index is -1.000. The Morgan fingerprint density at radius 3 is 2.80 bits per heavy atom. The summed E-state index contributed by atoms with van der Waals surface area (Å²) in [6.45, 7) is 7.46. The fraction of sp³-hybridized carbons (Fsp3) is 0.581. The van der Waals surface area contributed by atoms with Crippen LogP contribution in [0.15, 0.2) is 41.0 Å². The number of ether oxygens (including phenoxy) is 2. The van der Waals surface area contributed by atoms with E-state index < -0.39 is 5.60 Å². The zero-order valence-corrected chi connectivity index (χ0v) is 21.2. The summed E-state index contributed by atoms with van der Waals surface area (Å²) in [5.41, 5.74) is 4.01. The summed E-state index contributed by atoms with van der Waals surface area (Å²) in [5, 5.41) is 12.3. The van der Waals surface area contributed by atoms with Gasteiger partial charge in [-0.2, -0.15) is 0 Å². The number of carbonyl (C=O) groups excluding carboxylic acids is 1. The molecule has 184 valence electrons. The second-order valence-electron chi connectivity index (χ2n) is 11.3. The van der Waals surface area contributed by atoms with Crippen LogP contribution in [-0.4, -0.2) is 29.7 Å². The summed E-state index contributed by atoms with van der Waals surface area (Å²) in [7, 11) is 0. The molecule has 0 unspecified atom stereocenters. The Balaban J connectivity index is 1.58. The van der Waals surface area contributed by atoms with E-state index in [0.717, 1.165) is 50.0 Å². The van der Waals surface area contributed by atoms with E-state index >= 15 is 0 Å². The number of hydrogen-bond donors (Lipinski definition) is 1. The standard InChI is InChI=1S/C31H36O4/c1-4-13-31(33)20(5-2)17-26-24-11-9-19-16-21(32)10-12-22(19)28(24)25(18-30(26,31)3)23-7-6-8-27-29(23)35-15-14-34-27/h6-8,16,20,24-26,33H,5,9-12,14-15,17-18H2,1-3H3/t20-,24+,25-,26+,30+,31+/m1/s1. The van der Waals surface area contributed by atoms with Gasteiger partial charge in [-0.1, -0.05) is 37.5 Å². The maximum absolute atomic E-state index is 12.3. The van der Waals surface area contributed by atoms with Crippen molar-refractivity contribution in [1.29, 1.82) is 0 Å². The maximum Gasteiger partial charge on any atom is 0.165 e. The minimum absolute atomic E-state index is 0.116. The van der Waals surface area contributed by atoms with Gasteiger partial charge in [0.05, 0.1) is 0 Å². The first-order chi connectivity index (χ1) is 16.9. The molecule has 5 aliphatic rings. The van der Waals surface area contributed by atoms with Crippen LogP contribution in [0.4, 0.5) is 0 Å². The molecule has 4 nitrogen and oxygen atoms in total. The molecule has 0 spiro atoms. The molecule has 0 aromatic heterocycles. The monoisotopic (exact) mass is 472 g/mol. The molecule has 4 heteroatoms. The summed E-state index contributed by atoms with van der Waals surface area (Å²) < 4.78 is 12.2. The number of aliphatic hydroxyl groups is 1. The van der Waals surface area contributed by atoms with Crippen molar-refractivity contribution in [3.05, 3.63) is 46.6 Å². The third-order valence-electron chi connectivity index (χ3n) is 9.90. The fourth-order valence-corrected chi connectivity index (χ4v) is 8.37. The van der Waals surface area contributed by atoms with E-state index in [4.69, 9.17) is 9.47 Å². The van der Waals surface area contributed by atoms with Gasteiger partial charge >= 0.3 is 0 Å². The molecule has 0 radical (unpaired) electrons. The number of hydrogen-bond acceptors (Lipinski definition) is 4. The molecular formula is C31H36O4. The van der Waals surface area contributed by atoms with Gasteiger partial charge in [-0.05, 0) is 86.5 Å². The average molecular weight is 473 g/mol. The molecule has 1 N–H and O–H groups in total. The SMILES string of the molecule is CC#C[C@]1(O)[C@H](CC)C[C@H]2[C@@H]3CCC4=CC(=O)CCC4=C3[C@@H](c3cccc4c3OCCO4)C[C@@]21C. The molecule has 6 atom stereocenters. The van der Waals surface area contributed by atoms with Crippen LogP contribution < -0.4 is 9.47 Å². The first-order valence-corrected chi connectivity index (χ1v) is 13.4. The van der Waals surface area contributed by atoms with E-state index in [2.05, 4.69) is 37.8 Å². The fourth-order valence-electron chi connectivity index (χ4n) is 8.37. The summed E-state index contributed by atoms with van der Waals surface area (Å²) >= 11 is 0. The molecule has 2 saturated carbocycles. The number of para-hydroxylation sites is 1. The Kier molecular flexibility index (Phi) is 5.42. The summed E-state index contributed by atoms with van der Waals surface area (Å²) in [4.78, 5) is 12.3. The summed E-state index contributed by atoms with van der Waals surface area (Å²) in [6, 6.07) is 6.26. The molecule has 1 heterocycles. The number of benzene rings is 1. The topological polar surface area (TPSA) is 55.8 Å². The van der Waals surface area contributed by atoms with Crippen molar-refractivity contribution >= 4 is 5.78 Å². The second kappa shape index (κ2) is 8.27. The number of rotatable bonds is 2. The molecule has 1 aromatic carbocycles. The zero-order valence-electron chi connectivity index (χ0n) is 21.2. The third kappa shape index (κ3) is 3.20. The van der Waals surface area contributed by atoms with Crippen molar-refractivity contribution in [2.75, 3.05) is 13.2 Å². The van der Waals surface area contributed by atoms with Crippen molar-refractivity contribution in [3.8, 4) is 23.3 Å². The lowest BCUT2D eigenvalue weighted by molar-refractivity contribution is -0.114. The van der Waals surface area contributed by atoms with Gasteiger partial charge < -0.3 is 14.6 Å². The van der Waals surface area contributed by atoms with E-state index in [-0.39, 0.29) is 23.0 Å². The lowest BCUT2D eigenvalue weighted by Crippen LogP contribution is -2.52. The largest absolute Gasteiger partial charge is 0.486 e. The highest BCUT2D eigenvalue weighted by Crippen LogP contribution is 2.69. The molecule has 4 aliphatic carbocycles. The molecule has 1 aromatic rings. The van der Waals surface area contributed by atoms with Crippen LogP contribution in [0.5, 0.6) is 11.5 Å². The minimum Gasteiger partial charge on any atom is -0.486 e. The molecule has 6 rings (SSSR count). The quantitative estimate of drug-likeness (QED) is 0.557. The van der Waals surface area contributed by atoms with E-state index in [1.165, 1.54) is 22.3 Å². The Hall–Kier alpha value is -2.51. The lowest BCUT2D eigenvalue weighted by atomic mass is 9.51. The molecular weight excluding hydrogens is 436 g/mol. The van der Waals surface area contributed by atoms with Gasteiger partial charge in [0.1, 0.15) is 18.8 Å². The summed E-state index contributed by atoms with van der Waals surface area (Å²) in [6.07, 6.45) is 8.10. The van der Waals surface area contributed by atoms with E-state index in [1.54, 1.807) is 0 Å². The maximum atomic E-state index is 12.3. The van der Waals surface area contributed by atoms with E-state index in [0.29, 0.717) is 31.5 Å². The molecule has 35 heavy (non-hydrogen) atoms. The zero-order chi connectivity index (χ0) is 24.4. The van der Waals surface area contributed by atoms with Crippen LogP contribution in [-0.2, 0) is 4.79 Å². The van der Waals surface area contributed by atoms with Gasteiger partial charge in [-0.15, -0.1) is 5.92 Å². The van der Waals surface area contributed by atoms with Crippen molar-refractivity contribution in [3.63, 3.8) is 0 Å². The normalized spacial score (nSPS) is 37.5. The Bertz CT molecular complexity index is 1200. The van der Waals surface area contributed by atoms with Crippen LogP contribution in [0.1, 0.15) is 77.2 Å². The van der Waals surface area contributed by atoms with Crippen molar-refractivity contribution in [1.82, 2.24) is 0 Å². The predicted octanol–water partition coefficient (Wildman–Crippen LogP) is 5.75. The Morgan fingerprint density at radius 1 is 1.17 bits per heavy atom. The Labute approximate surface area is 208 Å².